The summed E-state index contributed by atoms with van der Waals surface area (Å²) in [4.78, 5) is 29.5. The van der Waals surface area contributed by atoms with Gasteiger partial charge in [-0.15, -0.1) is 6.58 Å². The van der Waals surface area contributed by atoms with Gasteiger partial charge in [0.2, 0.25) is 0 Å². The molecule has 0 amide bonds. The highest BCUT2D eigenvalue weighted by Gasteiger charge is 2.13. The molecular formula is C9H11N3O3. The second kappa shape index (κ2) is 4.94. The number of carbonyl (C=O) groups is 1. The predicted octanol–water partition coefficient (Wildman–Crippen LogP) is -0.153. The fraction of sp³-hybridized carbons (Fsp3) is 0.222. The number of aromatic nitrogens is 2. The van der Waals surface area contributed by atoms with Crippen LogP contribution < -0.4 is 10.5 Å². The Bertz CT molecular complexity index is 413. The zero-order valence-corrected chi connectivity index (χ0v) is 8.01. The first-order valence-electron chi connectivity index (χ1n) is 4.26. The third kappa shape index (κ3) is 2.94. The van der Waals surface area contributed by atoms with Gasteiger partial charge >= 0.3 is 5.97 Å². The molecule has 0 aliphatic rings. The molecule has 6 heteroatoms. The lowest BCUT2D eigenvalue weighted by molar-refractivity contribution is -0.135. The van der Waals surface area contributed by atoms with E-state index in [9.17, 15) is 9.59 Å². The molecule has 80 valence electrons. The normalized spacial score (nSPS) is 9.60. The number of nitrogens with zero attached hydrogens (tertiary/aromatic N) is 2. The van der Waals surface area contributed by atoms with E-state index in [-0.39, 0.29) is 18.9 Å². The second-order valence-electron chi connectivity index (χ2n) is 2.80. The summed E-state index contributed by atoms with van der Waals surface area (Å²) in [7, 11) is 0. The number of carboxylic acids is 1. The van der Waals surface area contributed by atoms with Gasteiger partial charge in [0.15, 0.2) is 5.82 Å². The van der Waals surface area contributed by atoms with E-state index in [4.69, 9.17) is 5.11 Å². The van der Waals surface area contributed by atoms with E-state index in [2.05, 4.69) is 16.5 Å². The molecule has 0 aromatic carbocycles. The molecular weight excluding hydrogens is 198 g/mol. The van der Waals surface area contributed by atoms with Crippen molar-refractivity contribution in [3.8, 4) is 0 Å². The Labute approximate surface area is 85.9 Å². The number of aromatic amines is 1. The summed E-state index contributed by atoms with van der Waals surface area (Å²) in [6, 6.07) is 0. The third-order valence-electron chi connectivity index (χ3n) is 1.66. The van der Waals surface area contributed by atoms with Crippen molar-refractivity contribution >= 4 is 11.8 Å². The van der Waals surface area contributed by atoms with E-state index in [1.165, 1.54) is 23.4 Å². The van der Waals surface area contributed by atoms with Gasteiger partial charge in [0.05, 0.1) is 0 Å². The Morgan fingerprint density at radius 3 is 3.00 bits per heavy atom. The highest BCUT2D eigenvalue weighted by Crippen LogP contribution is 2.01. The molecule has 0 aliphatic heterocycles. The molecule has 1 rings (SSSR count). The Morgan fingerprint density at radius 2 is 2.47 bits per heavy atom. The van der Waals surface area contributed by atoms with Crippen molar-refractivity contribution in [1.82, 2.24) is 9.97 Å². The average molecular weight is 209 g/mol. The van der Waals surface area contributed by atoms with Crippen molar-refractivity contribution in [3.05, 3.63) is 35.4 Å². The number of H-pyrrole nitrogens is 1. The fourth-order valence-electron chi connectivity index (χ4n) is 1.11. The van der Waals surface area contributed by atoms with Gasteiger partial charge in [0, 0.05) is 18.9 Å². The molecule has 0 atom stereocenters. The summed E-state index contributed by atoms with van der Waals surface area (Å²) >= 11 is 0. The predicted molar refractivity (Wildman–Crippen MR) is 54.9 cm³/mol. The van der Waals surface area contributed by atoms with Crippen LogP contribution in [0.1, 0.15) is 0 Å². The average Bonchev–Trinajstić information content (AvgIpc) is 2.17. The van der Waals surface area contributed by atoms with Crippen molar-refractivity contribution in [1.29, 1.82) is 0 Å². The van der Waals surface area contributed by atoms with Gasteiger partial charge in [-0.3, -0.25) is 9.59 Å². The Hall–Kier alpha value is -2.11. The van der Waals surface area contributed by atoms with Gasteiger partial charge in [-0.2, -0.15) is 0 Å². The van der Waals surface area contributed by atoms with Crippen molar-refractivity contribution in [2.24, 2.45) is 0 Å². The quantitative estimate of drug-likeness (QED) is 0.658. The van der Waals surface area contributed by atoms with Gasteiger partial charge in [-0.05, 0) is 0 Å². The minimum atomic E-state index is -1.03. The van der Waals surface area contributed by atoms with Crippen LogP contribution in [0.5, 0.6) is 0 Å². The van der Waals surface area contributed by atoms with Crippen LogP contribution in [0, 0.1) is 0 Å². The first-order chi connectivity index (χ1) is 7.15. The van der Waals surface area contributed by atoms with Gasteiger partial charge in [0.1, 0.15) is 6.54 Å². The molecule has 0 saturated heterocycles. The standard InChI is InChI=1S/C9H11N3O3/c1-2-5-12(6-7(13)14)8-9(15)11-4-3-10-8/h2-4H,1,5-6H2,(H,11,15)(H,13,14). The number of aliphatic carboxylic acids is 1. The molecule has 1 heterocycles. The molecule has 0 aliphatic carbocycles. The minimum Gasteiger partial charge on any atom is -0.480 e. The largest absolute Gasteiger partial charge is 0.480 e. The van der Waals surface area contributed by atoms with Crippen molar-refractivity contribution in [2.45, 2.75) is 0 Å². The zero-order chi connectivity index (χ0) is 11.3. The van der Waals surface area contributed by atoms with Gasteiger partial charge in [-0.1, -0.05) is 6.08 Å². The van der Waals surface area contributed by atoms with E-state index in [1.807, 2.05) is 0 Å². The third-order valence-corrected chi connectivity index (χ3v) is 1.66. The van der Waals surface area contributed by atoms with E-state index in [0.717, 1.165) is 0 Å². The molecule has 0 radical (unpaired) electrons. The maximum atomic E-state index is 11.3. The molecule has 0 fully saturated rings. The lowest BCUT2D eigenvalue weighted by atomic mass is 10.4. The fourth-order valence-corrected chi connectivity index (χ4v) is 1.11. The van der Waals surface area contributed by atoms with Crippen molar-refractivity contribution in [2.75, 3.05) is 18.0 Å². The molecule has 1 aromatic rings. The van der Waals surface area contributed by atoms with Crippen LogP contribution in [0.2, 0.25) is 0 Å². The number of hydrogen-bond acceptors (Lipinski definition) is 4. The molecule has 0 spiro atoms. The molecule has 15 heavy (non-hydrogen) atoms. The van der Waals surface area contributed by atoms with Crippen LogP contribution in [0.25, 0.3) is 0 Å². The first-order valence-corrected chi connectivity index (χ1v) is 4.26. The molecule has 2 N–H and O–H groups in total. The van der Waals surface area contributed by atoms with Crippen LogP contribution in [0.4, 0.5) is 5.82 Å². The Balaban J connectivity index is 2.98. The van der Waals surface area contributed by atoms with Crippen LogP contribution >= 0.6 is 0 Å². The smallest absolute Gasteiger partial charge is 0.323 e. The van der Waals surface area contributed by atoms with Crippen molar-refractivity contribution < 1.29 is 9.90 Å². The number of nitrogens with one attached hydrogen (secondary N) is 1. The topological polar surface area (TPSA) is 86.3 Å². The SMILES string of the molecule is C=CCN(CC(=O)O)c1ncc[nH]c1=O. The van der Waals surface area contributed by atoms with Crippen LogP contribution in [0.3, 0.4) is 0 Å². The molecule has 0 bridgehead atoms. The summed E-state index contributed by atoms with van der Waals surface area (Å²) in [5.41, 5.74) is -0.416. The number of carboxylic acid groups (broad SMARTS) is 1. The maximum absolute atomic E-state index is 11.3. The molecule has 0 saturated carbocycles. The highest BCUT2D eigenvalue weighted by molar-refractivity contribution is 5.73. The van der Waals surface area contributed by atoms with Crippen LogP contribution in [-0.2, 0) is 4.79 Å². The van der Waals surface area contributed by atoms with E-state index >= 15 is 0 Å². The molecule has 0 unspecified atom stereocenters. The van der Waals surface area contributed by atoms with E-state index in [1.54, 1.807) is 0 Å². The van der Waals surface area contributed by atoms with Crippen LogP contribution in [0.15, 0.2) is 29.8 Å². The van der Waals surface area contributed by atoms with Crippen LogP contribution in [-0.4, -0.2) is 34.1 Å². The van der Waals surface area contributed by atoms with Gasteiger partial charge in [-0.25, -0.2) is 4.98 Å². The van der Waals surface area contributed by atoms with Gasteiger partial charge in [0.25, 0.3) is 5.56 Å². The lowest BCUT2D eigenvalue weighted by Gasteiger charge is -2.18. The summed E-state index contributed by atoms with van der Waals surface area (Å²) in [6.45, 7) is 3.46. The first kappa shape index (κ1) is 11.0. The minimum absolute atomic E-state index is 0.0831. The lowest BCUT2D eigenvalue weighted by Crippen LogP contribution is -2.34. The molecule has 6 nitrogen and oxygen atoms in total. The van der Waals surface area contributed by atoms with E-state index < -0.39 is 11.5 Å². The summed E-state index contributed by atoms with van der Waals surface area (Å²) in [5, 5.41) is 8.65. The van der Waals surface area contributed by atoms with E-state index in [0.29, 0.717) is 0 Å². The highest BCUT2D eigenvalue weighted by atomic mass is 16.4. The Morgan fingerprint density at radius 1 is 1.73 bits per heavy atom. The maximum Gasteiger partial charge on any atom is 0.323 e. The molecule has 1 aromatic heterocycles. The zero-order valence-electron chi connectivity index (χ0n) is 8.01. The Kier molecular flexibility index (Phi) is 3.61. The monoisotopic (exact) mass is 209 g/mol. The number of anilines is 1. The van der Waals surface area contributed by atoms with Crippen molar-refractivity contribution in [3.63, 3.8) is 0 Å². The number of rotatable bonds is 5. The summed E-state index contributed by atoms with van der Waals surface area (Å²) in [6.07, 6.45) is 4.30. The second-order valence-corrected chi connectivity index (χ2v) is 2.80. The number of hydrogen-bond donors (Lipinski definition) is 2. The van der Waals surface area contributed by atoms with Gasteiger partial charge < -0.3 is 15.0 Å². The summed E-state index contributed by atoms with van der Waals surface area (Å²) < 4.78 is 0. The summed E-state index contributed by atoms with van der Waals surface area (Å²) in [5.74, 6) is -0.943.